The molecule has 10 heteroatoms. The number of nitrogens with zero attached hydrogens (tertiary/aromatic N) is 3. The third-order valence-corrected chi connectivity index (χ3v) is 2.20. The van der Waals surface area contributed by atoms with Crippen molar-refractivity contribution >= 4 is 5.69 Å². The Morgan fingerprint density at radius 2 is 2.05 bits per heavy atom. The maximum Gasteiger partial charge on any atom is 0.432 e. The van der Waals surface area contributed by atoms with Crippen molar-refractivity contribution in [1.82, 2.24) is 14.8 Å². The molecule has 0 aromatic carbocycles. The van der Waals surface area contributed by atoms with Gasteiger partial charge in [-0.05, 0) is 6.07 Å². The molecule has 0 fully saturated rings. The van der Waals surface area contributed by atoms with E-state index in [4.69, 9.17) is 0 Å². The van der Waals surface area contributed by atoms with Crippen LogP contribution in [0.1, 0.15) is 5.69 Å². The highest BCUT2D eigenvalue weighted by molar-refractivity contribution is 5.32. The van der Waals surface area contributed by atoms with Crippen LogP contribution in [0, 0.1) is 10.1 Å². The Labute approximate surface area is 102 Å². The van der Waals surface area contributed by atoms with Gasteiger partial charge in [0.1, 0.15) is 11.9 Å². The number of pyridine rings is 1. The van der Waals surface area contributed by atoms with E-state index in [9.17, 15) is 28.1 Å². The molecule has 0 radical (unpaired) electrons. The van der Waals surface area contributed by atoms with Gasteiger partial charge in [0.25, 0.3) is 11.2 Å². The zero-order chi connectivity index (χ0) is 14.2. The van der Waals surface area contributed by atoms with Crippen LogP contribution in [0.5, 0.6) is 0 Å². The molecule has 0 saturated heterocycles. The zero-order valence-electron chi connectivity index (χ0n) is 9.01. The molecule has 1 N–H and O–H groups in total. The molecule has 19 heavy (non-hydrogen) atoms. The van der Waals surface area contributed by atoms with Gasteiger partial charge in [-0.3, -0.25) is 20.0 Å². The predicted molar refractivity (Wildman–Crippen MR) is 55.8 cm³/mol. The lowest BCUT2D eigenvalue weighted by atomic mass is 10.4. The van der Waals surface area contributed by atoms with Crippen LogP contribution in [0.15, 0.2) is 29.2 Å². The number of alkyl halides is 3. The summed E-state index contributed by atoms with van der Waals surface area (Å²) in [6.07, 6.45) is -3.85. The number of hydrogen-bond acceptors (Lipinski definition) is 4. The summed E-state index contributed by atoms with van der Waals surface area (Å²) < 4.78 is 37.7. The first-order valence-electron chi connectivity index (χ1n) is 4.79. The van der Waals surface area contributed by atoms with E-state index < -0.39 is 22.4 Å². The van der Waals surface area contributed by atoms with Crippen LogP contribution in [0.2, 0.25) is 0 Å². The maximum atomic E-state index is 12.4. The van der Waals surface area contributed by atoms with Crippen molar-refractivity contribution in [2.45, 2.75) is 6.18 Å². The van der Waals surface area contributed by atoms with E-state index in [0.717, 1.165) is 18.3 Å². The minimum atomic E-state index is -4.69. The lowest BCUT2D eigenvalue weighted by molar-refractivity contribution is -0.385. The SMILES string of the molecule is O=c1cc(C(F)(F)F)[nH]n1-c1ccc([N+](=O)[O-])cn1. The first kappa shape index (κ1) is 12.8. The molecule has 0 atom stereocenters. The van der Waals surface area contributed by atoms with Gasteiger partial charge in [-0.25, -0.2) is 9.67 Å². The van der Waals surface area contributed by atoms with Gasteiger partial charge in [0, 0.05) is 12.1 Å². The second-order valence-electron chi connectivity index (χ2n) is 3.47. The standard InChI is InChI=1S/C9H5F3N4O3/c10-9(11,12)6-3-8(17)15(14-6)7-2-1-5(4-13-7)16(18)19/h1-4,14H. The first-order valence-corrected chi connectivity index (χ1v) is 4.79. The van der Waals surface area contributed by atoms with Crippen molar-refractivity contribution in [3.63, 3.8) is 0 Å². The van der Waals surface area contributed by atoms with Crippen LogP contribution < -0.4 is 5.56 Å². The number of halogens is 3. The number of nitro groups is 1. The Morgan fingerprint density at radius 3 is 2.47 bits per heavy atom. The molecular formula is C9H5F3N4O3. The van der Waals surface area contributed by atoms with Crippen LogP contribution in [-0.2, 0) is 6.18 Å². The molecule has 7 nitrogen and oxygen atoms in total. The third kappa shape index (κ3) is 2.46. The normalized spacial score (nSPS) is 11.5. The van der Waals surface area contributed by atoms with Crippen molar-refractivity contribution in [3.05, 3.63) is 50.6 Å². The van der Waals surface area contributed by atoms with Crippen molar-refractivity contribution in [1.29, 1.82) is 0 Å². The summed E-state index contributed by atoms with van der Waals surface area (Å²) in [5.74, 6) is -0.175. The van der Waals surface area contributed by atoms with Gasteiger partial charge in [-0.1, -0.05) is 0 Å². The van der Waals surface area contributed by atoms with Gasteiger partial charge in [0.2, 0.25) is 0 Å². The molecule has 0 aliphatic carbocycles. The third-order valence-electron chi connectivity index (χ3n) is 2.20. The molecular weight excluding hydrogens is 269 g/mol. The van der Waals surface area contributed by atoms with Crippen LogP contribution in [0.4, 0.5) is 18.9 Å². The van der Waals surface area contributed by atoms with Crippen LogP contribution >= 0.6 is 0 Å². The second kappa shape index (κ2) is 4.23. The smallest absolute Gasteiger partial charge is 0.285 e. The molecule has 0 saturated carbocycles. The molecule has 2 aromatic rings. The van der Waals surface area contributed by atoms with Gasteiger partial charge in [-0.2, -0.15) is 13.2 Å². The quantitative estimate of drug-likeness (QED) is 0.663. The minimum absolute atomic E-state index is 0.175. The van der Waals surface area contributed by atoms with E-state index in [-0.39, 0.29) is 11.5 Å². The summed E-state index contributed by atoms with van der Waals surface area (Å²) in [6, 6.07) is 2.47. The van der Waals surface area contributed by atoms with Gasteiger partial charge >= 0.3 is 6.18 Å². The zero-order valence-corrected chi connectivity index (χ0v) is 9.01. The lowest BCUT2D eigenvalue weighted by Gasteiger charge is -2.03. The van der Waals surface area contributed by atoms with E-state index in [1.807, 2.05) is 5.10 Å². The van der Waals surface area contributed by atoms with Crippen LogP contribution in [0.25, 0.3) is 5.82 Å². The number of H-pyrrole nitrogens is 1. The van der Waals surface area contributed by atoms with E-state index >= 15 is 0 Å². The summed E-state index contributed by atoms with van der Waals surface area (Å²) >= 11 is 0. The first-order chi connectivity index (χ1) is 8.79. The van der Waals surface area contributed by atoms with Gasteiger partial charge in [0.05, 0.1) is 4.92 Å². The summed E-state index contributed by atoms with van der Waals surface area (Å²) in [5.41, 5.74) is -2.52. The highest BCUT2D eigenvalue weighted by Gasteiger charge is 2.33. The highest BCUT2D eigenvalue weighted by Crippen LogP contribution is 2.26. The Bertz CT molecular complexity index is 671. The highest BCUT2D eigenvalue weighted by atomic mass is 19.4. The van der Waals surface area contributed by atoms with E-state index in [2.05, 4.69) is 4.98 Å². The minimum Gasteiger partial charge on any atom is -0.285 e. The Hall–Kier alpha value is -2.65. The largest absolute Gasteiger partial charge is 0.432 e. The fourth-order valence-corrected chi connectivity index (χ4v) is 1.33. The van der Waals surface area contributed by atoms with Gasteiger partial charge < -0.3 is 0 Å². The summed E-state index contributed by atoms with van der Waals surface area (Å²) in [6.45, 7) is 0. The average molecular weight is 274 g/mol. The lowest BCUT2D eigenvalue weighted by Crippen LogP contribution is -2.15. The summed E-state index contributed by atoms with van der Waals surface area (Å²) in [7, 11) is 0. The van der Waals surface area contributed by atoms with E-state index in [1.54, 1.807) is 0 Å². The van der Waals surface area contributed by atoms with Crippen LogP contribution in [0.3, 0.4) is 0 Å². The molecule has 0 amide bonds. The van der Waals surface area contributed by atoms with Crippen LogP contribution in [-0.4, -0.2) is 19.7 Å². The molecule has 2 rings (SSSR count). The fraction of sp³-hybridized carbons (Fsp3) is 0.111. The topological polar surface area (TPSA) is 93.8 Å². The molecule has 0 spiro atoms. The number of hydrogen-bond donors (Lipinski definition) is 1. The summed E-state index contributed by atoms with van der Waals surface area (Å²) in [5, 5.41) is 12.2. The van der Waals surface area contributed by atoms with E-state index in [1.165, 1.54) is 0 Å². The monoisotopic (exact) mass is 274 g/mol. The number of aromatic nitrogens is 3. The molecule has 0 bridgehead atoms. The molecule has 0 unspecified atom stereocenters. The predicted octanol–water partition coefficient (Wildman–Crippen LogP) is 1.49. The number of rotatable bonds is 2. The van der Waals surface area contributed by atoms with Crippen molar-refractivity contribution in [2.75, 3.05) is 0 Å². The average Bonchev–Trinajstić information content (AvgIpc) is 2.71. The maximum absolute atomic E-state index is 12.4. The van der Waals surface area contributed by atoms with E-state index in [0.29, 0.717) is 10.7 Å². The van der Waals surface area contributed by atoms with Crippen molar-refractivity contribution in [3.8, 4) is 5.82 Å². The summed E-state index contributed by atoms with van der Waals surface area (Å²) in [4.78, 5) is 24.6. The number of aromatic amines is 1. The van der Waals surface area contributed by atoms with Gasteiger partial charge in [-0.15, -0.1) is 0 Å². The molecule has 100 valence electrons. The Morgan fingerprint density at radius 1 is 1.37 bits per heavy atom. The molecule has 0 aliphatic rings. The fourth-order valence-electron chi connectivity index (χ4n) is 1.33. The molecule has 2 heterocycles. The van der Waals surface area contributed by atoms with Crippen molar-refractivity contribution in [2.24, 2.45) is 0 Å². The number of nitrogens with one attached hydrogen (secondary N) is 1. The van der Waals surface area contributed by atoms with Gasteiger partial charge in [0.15, 0.2) is 5.82 Å². The molecule has 2 aromatic heterocycles. The Kier molecular flexibility index (Phi) is 2.85. The Balaban J connectivity index is 2.45. The second-order valence-corrected chi connectivity index (χ2v) is 3.47. The van der Waals surface area contributed by atoms with Crippen molar-refractivity contribution < 1.29 is 18.1 Å². The molecule has 0 aliphatic heterocycles.